The predicted octanol–water partition coefficient (Wildman–Crippen LogP) is 2.05. The van der Waals surface area contributed by atoms with Crippen molar-refractivity contribution in [3.05, 3.63) is 29.6 Å². The molecule has 1 N–H and O–H groups in total. The standard InChI is InChI=1S/C18H23FN2O3/c1-20-18(24)5-3-15(12-23)14-2-4-17(16(19)10-14)21-8-6-13(11-22)7-9-21/h2,4,10-13,15H,3,5-9H2,1H3,(H,20,24). The van der Waals surface area contributed by atoms with E-state index in [1.807, 2.05) is 4.90 Å². The molecule has 0 aliphatic carbocycles. The quantitative estimate of drug-likeness (QED) is 0.775. The van der Waals surface area contributed by atoms with E-state index in [0.717, 1.165) is 25.4 Å². The number of hydrogen-bond donors (Lipinski definition) is 1. The third kappa shape index (κ3) is 4.40. The monoisotopic (exact) mass is 334 g/mol. The van der Waals surface area contributed by atoms with E-state index < -0.39 is 5.92 Å². The number of piperidine rings is 1. The minimum atomic E-state index is -0.494. The average Bonchev–Trinajstić information content (AvgIpc) is 2.62. The van der Waals surface area contributed by atoms with Crippen molar-refractivity contribution in [3.63, 3.8) is 0 Å². The van der Waals surface area contributed by atoms with Crippen molar-refractivity contribution in [1.29, 1.82) is 0 Å². The summed E-state index contributed by atoms with van der Waals surface area (Å²) in [4.78, 5) is 35.3. The number of benzene rings is 1. The molecule has 6 heteroatoms. The Balaban J connectivity index is 2.06. The number of carbonyl (C=O) groups excluding carboxylic acids is 3. The Morgan fingerprint density at radius 3 is 2.62 bits per heavy atom. The zero-order valence-corrected chi connectivity index (χ0v) is 13.8. The molecule has 1 atom stereocenters. The maximum atomic E-state index is 14.5. The molecule has 24 heavy (non-hydrogen) atoms. The lowest BCUT2D eigenvalue weighted by Gasteiger charge is -2.32. The molecule has 0 radical (unpaired) electrons. The third-order valence-electron chi connectivity index (χ3n) is 4.60. The van der Waals surface area contributed by atoms with E-state index in [4.69, 9.17) is 0 Å². The summed E-state index contributed by atoms with van der Waals surface area (Å²) in [7, 11) is 1.54. The highest BCUT2D eigenvalue weighted by molar-refractivity contribution is 5.76. The molecule has 130 valence electrons. The Labute approximate surface area is 141 Å². The Kier molecular flexibility index (Phi) is 6.46. The maximum absolute atomic E-state index is 14.5. The zero-order chi connectivity index (χ0) is 17.5. The molecule has 2 rings (SSSR count). The molecule has 0 aromatic heterocycles. The lowest BCUT2D eigenvalue weighted by atomic mass is 9.94. The van der Waals surface area contributed by atoms with Gasteiger partial charge in [0.05, 0.1) is 5.69 Å². The molecule has 1 amide bonds. The highest BCUT2D eigenvalue weighted by Crippen LogP contribution is 2.28. The summed E-state index contributed by atoms with van der Waals surface area (Å²) in [6.07, 6.45) is 3.77. The van der Waals surface area contributed by atoms with Gasteiger partial charge in [-0.15, -0.1) is 0 Å². The van der Waals surface area contributed by atoms with Crippen molar-refractivity contribution in [1.82, 2.24) is 5.32 Å². The van der Waals surface area contributed by atoms with Crippen LogP contribution >= 0.6 is 0 Å². The van der Waals surface area contributed by atoms with Gasteiger partial charge in [-0.1, -0.05) is 6.07 Å². The summed E-state index contributed by atoms with van der Waals surface area (Å²) in [6, 6.07) is 4.81. The second-order valence-corrected chi connectivity index (χ2v) is 6.13. The van der Waals surface area contributed by atoms with Gasteiger partial charge in [0.15, 0.2) is 0 Å². The molecule has 1 aromatic carbocycles. The summed E-state index contributed by atoms with van der Waals surface area (Å²) in [5, 5.41) is 2.51. The van der Waals surface area contributed by atoms with E-state index in [2.05, 4.69) is 5.32 Å². The van der Waals surface area contributed by atoms with Crippen LogP contribution in [0.4, 0.5) is 10.1 Å². The van der Waals surface area contributed by atoms with Crippen LogP contribution in [0.5, 0.6) is 0 Å². The van der Waals surface area contributed by atoms with Crippen LogP contribution in [0, 0.1) is 11.7 Å². The van der Waals surface area contributed by atoms with Gasteiger partial charge in [-0.25, -0.2) is 4.39 Å². The van der Waals surface area contributed by atoms with Crippen molar-refractivity contribution >= 4 is 24.2 Å². The fourth-order valence-corrected chi connectivity index (χ4v) is 3.01. The molecule has 5 nitrogen and oxygen atoms in total. The molecule has 1 unspecified atom stereocenters. The van der Waals surface area contributed by atoms with Crippen molar-refractivity contribution < 1.29 is 18.8 Å². The number of rotatable bonds is 7. The number of carbonyl (C=O) groups is 3. The molecular weight excluding hydrogens is 311 g/mol. The van der Waals surface area contributed by atoms with E-state index in [1.54, 1.807) is 19.2 Å². The molecule has 1 heterocycles. The fourth-order valence-electron chi connectivity index (χ4n) is 3.01. The molecular formula is C18H23FN2O3. The fraction of sp³-hybridized carbons (Fsp3) is 0.500. The van der Waals surface area contributed by atoms with Gasteiger partial charge in [0, 0.05) is 38.4 Å². The molecule has 1 fully saturated rings. The zero-order valence-electron chi connectivity index (χ0n) is 13.8. The van der Waals surface area contributed by atoms with Gasteiger partial charge in [-0.05, 0) is 37.0 Å². The average molecular weight is 334 g/mol. The highest BCUT2D eigenvalue weighted by Gasteiger charge is 2.22. The number of anilines is 1. The first kappa shape index (κ1) is 18.1. The number of aldehydes is 2. The molecule has 1 aliphatic heterocycles. The van der Waals surface area contributed by atoms with E-state index in [1.165, 1.54) is 6.07 Å². The summed E-state index contributed by atoms with van der Waals surface area (Å²) < 4.78 is 14.5. The van der Waals surface area contributed by atoms with E-state index in [9.17, 15) is 18.8 Å². The predicted molar refractivity (Wildman–Crippen MR) is 89.5 cm³/mol. The second-order valence-electron chi connectivity index (χ2n) is 6.13. The molecule has 1 aromatic rings. The summed E-state index contributed by atoms with van der Waals surface area (Å²) >= 11 is 0. The Morgan fingerprint density at radius 2 is 2.08 bits per heavy atom. The number of nitrogens with zero attached hydrogens (tertiary/aromatic N) is 1. The lowest BCUT2D eigenvalue weighted by molar-refractivity contribution is -0.120. The summed E-state index contributed by atoms with van der Waals surface area (Å²) in [5.41, 5.74) is 1.08. The van der Waals surface area contributed by atoms with Gasteiger partial charge in [0.25, 0.3) is 0 Å². The highest BCUT2D eigenvalue weighted by atomic mass is 19.1. The summed E-state index contributed by atoms with van der Waals surface area (Å²) in [6.45, 7) is 1.29. The van der Waals surface area contributed by atoms with Gasteiger partial charge in [-0.2, -0.15) is 0 Å². The van der Waals surface area contributed by atoms with E-state index in [-0.39, 0.29) is 24.1 Å². The minimum absolute atomic E-state index is 0.0627. The maximum Gasteiger partial charge on any atom is 0.219 e. The molecule has 1 saturated heterocycles. The van der Waals surface area contributed by atoms with Gasteiger partial charge in [0.2, 0.25) is 5.91 Å². The smallest absolute Gasteiger partial charge is 0.219 e. The molecule has 0 bridgehead atoms. The number of amides is 1. The van der Waals surface area contributed by atoms with Crippen molar-refractivity contribution in [2.75, 3.05) is 25.0 Å². The summed E-state index contributed by atoms with van der Waals surface area (Å²) in [5.74, 6) is -0.944. The van der Waals surface area contributed by atoms with Gasteiger partial charge in [0.1, 0.15) is 18.4 Å². The molecule has 1 aliphatic rings. The second kappa shape index (κ2) is 8.57. The Morgan fingerprint density at radius 1 is 1.38 bits per heavy atom. The van der Waals surface area contributed by atoms with Crippen LogP contribution in [0.3, 0.4) is 0 Å². The van der Waals surface area contributed by atoms with Crippen LogP contribution in [-0.4, -0.2) is 38.6 Å². The normalized spacial score (nSPS) is 16.5. The van der Waals surface area contributed by atoms with Crippen molar-refractivity contribution in [3.8, 4) is 0 Å². The number of hydrogen-bond acceptors (Lipinski definition) is 4. The SMILES string of the molecule is CNC(=O)CCC(C=O)c1ccc(N2CCC(C=O)CC2)c(F)c1. The Hall–Kier alpha value is -2.24. The first-order valence-corrected chi connectivity index (χ1v) is 8.24. The van der Waals surface area contributed by atoms with E-state index in [0.29, 0.717) is 30.8 Å². The largest absolute Gasteiger partial charge is 0.369 e. The van der Waals surface area contributed by atoms with Crippen LogP contribution < -0.4 is 10.2 Å². The number of nitrogens with one attached hydrogen (secondary N) is 1. The first-order valence-electron chi connectivity index (χ1n) is 8.24. The van der Waals surface area contributed by atoms with Crippen LogP contribution in [0.25, 0.3) is 0 Å². The van der Waals surface area contributed by atoms with Crippen molar-refractivity contribution in [2.45, 2.75) is 31.6 Å². The van der Waals surface area contributed by atoms with E-state index >= 15 is 0 Å². The lowest BCUT2D eigenvalue weighted by Crippen LogP contribution is -2.34. The van der Waals surface area contributed by atoms with Gasteiger partial charge < -0.3 is 19.8 Å². The molecule has 0 spiro atoms. The van der Waals surface area contributed by atoms with Crippen LogP contribution in [0.15, 0.2) is 18.2 Å². The first-order chi connectivity index (χ1) is 11.6. The number of halogens is 1. The van der Waals surface area contributed by atoms with Crippen molar-refractivity contribution in [2.24, 2.45) is 5.92 Å². The minimum Gasteiger partial charge on any atom is -0.369 e. The Bertz CT molecular complexity index is 598. The molecule has 0 saturated carbocycles. The van der Waals surface area contributed by atoms with Crippen LogP contribution in [0.2, 0.25) is 0 Å². The third-order valence-corrected chi connectivity index (χ3v) is 4.60. The van der Waals surface area contributed by atoms with Crippen LogP contribution in [0.1, 0.15) is 37.2 Å². The van der Waals surface area contributed by atoms with Gasteiger partial charge >= 0.3 is 0 Å². The topological polar surface area (TPSA) is 66.5 Å². The van der Waals surface area contributed by atoms with Crippen LogP contribution in [-0.2, 0) is 14.4 Å². The van der Waals surface area contributed by atoms with Gasteiger partial charge in [-0.3, -0.25) is 4.79 Å².